The Kier molecular flexibility index (Phi) is 2.63. The van der Waals surface area contributed by atoms with E-state index in [4.69, 9.17) is 5.26 Å². The first-order chi connectivity index (χ1) is 6.10. The third-order valence-corrected chi connectivity index (χ3v) is 2.76. The molecule has 68 valence electrons. The summed E-state index contributed by atoms with van der Waals surface area (Å²) in [6, 6.07) is 5.52. The van der Waals surface area contributed by atoms with E-state index in [1.165, 1.54) is 24.3 Å². The lowest BCUT2D eigenvalue weighted by Gasteiger charge is -1.97. The minimum Gasteiger partial charge on any atom is -0.233 e. The molecule has 0 saturated carbocycles. The van der Waals surface area contributed by atoms with E-state index >= 15 is 0 Å². The molecule has 0 aliphatic carbocycles. The van der Waals surface area contributed by atoms with Gasteiger partial charge in [-0.2, -0.15) is 5.26 Å². The van der Waals surface area contributed by atoms with Crippen LogP contribution in [0.25, 0.3) is 0 Å². The fraction of sp³-hybridized carbons (Fsp3) is 0.125. The van der Waals surface area contributed by atoms with Gasteiger partial charge in [0.2, 0.25) is 9.84 Å². The van der Waals surface area contributed by atoms with Crippen LogP contribution < -0.4 is 0 Å². The summed E-state index contributed by atoms with van der Waals surface area (Å²) in [6.45, 7) is 0. The fourth-order valence-electron chi connectivity index (χ4n) is 0.800. The number of hydrogen-bond acceptors (Lipinski definition) is 3. The fourth-order valence-corrected chi connectivity index (χ4v) is 1.48. The average molecular weight is 199 g/mol. The summed E-state index contributed by atoms with van der Waals surface area (Å²) < 4.78 is 33.9. The van der Waals surface area contributed by atoms with E-state index in [-0.39, 0.29) is 4.90 Å². The first kappa shape index (κ1) is 9.68. The number of alkyl halides is 1. The molecule has 0 fully saturated rings. The maximum absolute atomic E-state index is 12.0. The Balaban J connectivity index is 3.15. The summed E-state index contributed by atoms with van der Waals surface area (Å²) in [5.41, 5.74) is 0.345. The molecule has 3 nitrogen and oxygen atoms in total. The molecule has 5 heteroatoms. The second-order valence-electron chi connectivity index (χ2n) is 2.36. The van der Waals surface area contributed by atoms with E-state index < -0.39 is 15.8 Å². The first-order valence-corrected chi connectivity index (χ1v) is 5.04. The summed E-state index contributed by atoms with van der Waals surface area (Å²) in [4.78, 5) is -0.103. The van der Waals surface area contributed by atoms with Gasteiger partial charge in [0.15, 0.2) is 6.01 Å². The molecule has 0 radical (unpaired) electrons. The van der Waals surface area contributed by atoms with E-state index in [0.29, 0.717) is 5.56 Å². The van der Waals surface area contributed by atoms with Gasteiger partial charge in [-0.25, -0.2) is 12.8 Å². The molecule has 0 spiro atoms. The molecule has 0 heterocycles. The highest BCUT2D eigenvalue weighted by molar-refractivity contribution is 7.91. The smallest absolute Gasteiger partial charge is 0.207 e. The SMILES string of the molecule is N#Cc1ccc(S(=O)(=O)CF)cc1. The maximum atomic E-state index is 12.0. The van der Waals surface area contributed by atoms with Crippen LogP contribution in [0.1, 0.15) is 5.56 Å². The van der Waals surface area contributed by atoms with Crippen molar-refractivity contribution in [3.05, 3.63) is 29.8 Å². The number of sulfone groups is 1. The highest BCUT2D eigenvalue weighted by atomic mass is 32.2. The lowest BCUT2D eigenvalue weighted by molar-refractivity contribution is 0.534. The van der Waals surface area contributed by atoms with Crippen molar-refractivity contribution in [2.45, 2.75) is 4.90 Å². The van der Waals surface area contributed by atoms with Gasteiger partial charge in [-0.15, -0.1) is 0 Å². The summed E-state index contributed by atoms with van der Waals surface area (Å²) in [5.74, 6) is 0. The predicted molar refractivity (Wildman–Crippen MR) is 44.3 cm³/mol. The summed E-state index contributed by atoms with van der Waals surface area (Å²) in [6.07, 6.45) is 0. The van der Waals surface area contributed by atoms with E-state index in [2.05, 4.69) is 0 Å². The summed E-state index contributed by atoms with van der Waals surface area (Å²) in [5, 5.41) is 8.41. The van der Waals surface area contributed by atoms with Crippen molar-refractivity contribution in [2.75, 3.05) is 6.01 Å². The van der Waals surface area contributed by atoms with Crippen molar-refractivity contribution in [2.24, 2.45) is 0 Å². The number of halogens is 1. The predicted octanol–water partition coefficient (Wildman–Crippen LogP) is 1.26. The molecule has 1 rings (SSSR count). The number of rotatable bonds is 2. The molecule has 0 aliphatic rings. The Labute approximate surface area is 75.3 Å². The van der Waals surface area contributed by atoms with Crippen LogP contribution in [0.15, 0.2) is 29.2 Å². The molecule has 1 aromatic carbocycles. The molecule has 0 bridgehead atoms. The van der Waals surface area contributed by atoms with Gasteiger partial charge < -0.3 is 0 Å². The topological polar surface area (TPSA) is 57.9 Å². The molecule has 0 aromatic heterocycles. The largest absolute Gasteiger partial charge is 0.233 e. The number of nitriles is 1. The van der Waals surface area contributed by atoms with Crippen LogP contribution in [0, 0.1) is 11.3 Å². The van der Waals surface area contributed by atoms with Crippen LogP contribution in [-0.4, -0.2) is 14.4 Å². The Morgan fingerprint density at radius 2 is 1.85 bits per heavy atom. The van der Waals surface area contributed by atoms with E-state index in [1.807, 2.05) is 6.07 Å². The summed E-state index contributed by atoms with van der Waals surface area (Å²) >= 11 is 0. The molecule has 0 saturated heterocycles. The number of benzene rings is 1. The van der Waals surface area contributed by atoms with Crippen molar-refractivity contribution in [3.8, 4) is 6.07 Å². The monoisotopic (exact) mass is 199 g/mol. The Morgan fingerprint density at radius 1 is 1.31 bits per heavy atom. The van der Waals surface area contributed by atoms with Crippen molar-refractivity contribution in [3.63, 3.8) is 0 Å². The molecule has 0 atom stereocenters. The molecular weight excluding hydrogens is 193 g/mol. The molecule has 0 N–H and O–H groups in total. The Hall–Kier alpha value is -1.41. The van der Waals surface area contributed by atoms with Crippen molar-refractivity contribution >= 4 is 9.84 Å². The molecule has 1 aromatic rings. The minimum atomic E-state index is -3.80. The first-order valence-electron chi connectivity index (χ1n) is 3.39. The number of hydrogen-bond donors (Lipinski definition) is 0. The standard InChI is InChI=1S/C8H6FNO2S/c9-6-13(11,12)8-3-1-7(5-10)2-4-8/h1-4H,6H2. The molecule has 0 unspecified atom stereocenters. The quantitative estimate of drug-likeness (QED) is 0.720. The van der Waals surface area contributed by atoms with Gasteiger partial charge in [-0.3, -0.25) is 0 Å². The van der Waals surface area contributed by atoms with Gasteiger partial charge in [0.25, 0.3) is 0 Å². The Morgan fingerprint density at radius 3 is 2.23 bits per heavy atom. The zero-order valence-electron chi connectivity index (χ0n) is 6.57. The highest BCUT2D eigenvalue weighted by Crippen LogP contribution is 2.11. The van der Waals surface area contributed by atoms with Gasteiger partial charge in [0.05, 0.1) is 16.5 Å². The third-order valence-electron chi connectivity index (χ3n) is 1.49. The normalized spacial score (nSPS) is 10.8. The minimum absolute atomic E-state index is 0.103. The van der Waals surface area contributed by atoms with Crippen molar-refractivity contribution in [1.29, 1.82) is 5.26 Å². The number of nitrogens with zero attached hydrogens (tertiary/aromatic N) is 1. The second kappa shape index (κ2) is 3.54. The highest BCUT2D eigenvalue weighted by Gasteiger charge is 2.12. The molecule has 0 aliphatic heterocycles. The van der Waals surface area contributed by atoms with Gasteiger partial charge in [0.1, 0.15) is 0 Å². The van der Waals surface area contributed by atoms with Crippen LogP contribution >= 0.6 is 0 Å². The zero-order valence-corrected chi connectivity index (χ0v) is 7.38. The van der Waals surface area contributed by atoms with Crippen LogP contribution in [0.3, 0.4) is 0 Å². The van der Waals surface area contributed by atoms with Gasteiger partial charge in [-0.1, -0.05) is 0 Å². The summed E-state index contributed by atoms with van der Waals surface area (Å²) in [7, 11) is -3.80. The second-order valence-corrected chi connectivity index (χ2v) is 4.28. The maximum Gasteiger partial charge on any atom is 0.207 e. The van der Waals surface area contributed by atoms with Crippen molar-refractivity contribution in [1.82, 2.24) is 0 Å². The van der Waals surface area contributed by atoms with Crippen LogP contribution in [-0.2, 0) is 9.84 Å². The zero-order chi connectivity index (χ0) is 9.90. The average Bonchev–Trinajstić information content (AvgIpc) is 2.18. The van der Waals surface area contributed by atoms with E-state index in [0.717, 1.165) is 0 Å². The van der Waals surface area contributed by atoms with E-state index in [9.17, 15) is 12.8 Å². The lowest BCUT2D eigenvalue weighted by Crippen LogP contribution is -2.02. The molecule has 0 amide bonds. The van der Waals surface area contributed by atoms with Crippen LogP contribution in [0.2, 0.25) is 0 Å². The van der Waals surface area contributed by atoms with Gasteiger partial charge >= 0.3 is 0 Å². The Bertz CT molecular complexity index is 430. The van der Waals surface area contributed by atoms with Gasteiger partial charge in [-0.05, 0) is 24.3 Å². The van der Waals surface area contributed by atoms with E-state index in [1.54, 1.807) is 0 Å². The van der Waals surface area contributed by atoms with Gasteiger partial charge in [0, 0.05) is 0 Å². The molecular formula is C8H6FNO2S. The third kappa shape index (κ3) is 2.04. The van der Waals surface area contributed by atoms with Crippen LogP contribution in [0.5, 0.6) is 0 Å². The van der Waals surface area contributed by atoms with Crippen molar-refractivity contribution < 1.29 is 12.8 Å². The van der Waals surface area contributed by atoms with Crippen LogP contribution in [0.4, 0.5) is 4.39 Å². The lowest BCUT2D eigenvalue weighted by atomic mass is 10.2. The molecule has 13 heavy (non-hydrogen) atoms.